The highest BCUT2D eigenvalue weighted by Crippen LogP contribution is 2.29. The first-order chi connectivity index (χ1) is 8.50. The molecule has 1 aliphatic heterocycles. The van der Waals surface area contributed by atoms with Crippen molar-refractivity contribution in [3.63, 3.8) is 0 Å². The summed E-state index contributed by atoms with van der Waals surface area (Å²) in [5.41, 5.74) is 5.65. The zero-order valence-electron chi connectivity index (χ0n) is 10.0. The van der Waals surface area contributed by atoms with Crippen molar-refractivity contribution < 1.29 is 14.7 Å². The van der Waals surface area contributed by atoms with E-state index in [-0.39, 0.29) is 11.8 Å². The van der Waals surface area contributed by atoms with Gasteiger partial charge in [-0.05, 0) is 12.1 Å². The Kier molecular flexibility index (Phi) is 3.18. The predicted octanol–water partition coefficient (Wildman–Crippen LogP) is 0.337. The molecule has 1 unspecified atom stereocenters. The van der Waals surface area contributed by atoms with Crippen molar-refractivity contribution in [2.75, 3.05) is 18.0 Å². The van der Waals surface area contributed by atoms with E-state index in [1.807, 2.05) is 4.90 Å². The zero-order chi connectivity index (χ0) is 13.3. The average Bonchev–Trinajstić information content (AvgIpc) is 2.27. The molecule has 1 fully saturated rings. The van der Waals surface area contributed by atoms with Crippen LogP contribution in [0.5, 0.6) is 0 Å². The van der Waals surface area contributed by atoms with Gasteiger partial charge in [0.05, 0.1) is 11.5 Å². The van der Waals surface area contributed by atoms with Gasteiger partial charge in [-0.3, -0.25) is 9.59 Å². The number of nitrogens with zero attached hydrogens (tertiary/aromatic N) is 2. The first-order valence-corrected chi connectivity index (χ1v) is 5.73. The quantitative estimate of drug-likeness (QED) is 0.802. The predicted molar refractivity (Wildman–Crippen MR) is 65.3 cm³/mol. The average molecular weight is 249 g/mol. The Labute approximate surface area is 104 Å². The molecule has 0 spiro atoms. The van der Waals surface area contributed by atoms with E-state index < -0.39 is 11.9 Å². The minimum absolute atomic E-state index is 0.0882. The van der Waals surface area contributed by atoms with Crippen LogP contribution >= 0.6 is 0 Å². The molecule has 3 N–H and O–H groups in total. The smallest absolute Gasteiger partial charge is 0.306 e. The number of carbonyl (C=O) groups is 2. The summed E-state index contributed by atoms with van der Waals surface area (Å²) in [6.45, 7) is 2.87. The third-order valence-electron chi connectivity index (χ3n) is 3.36. The molecule has 2 rings (SSSR count). The van der Waals surface area contributed by atoms with Crippen molar-refractivity contribution >= 4 is 17.7 Å². The molecule has 1 aliphatic rings. The number of hydrogen-bond acceptors (Lipinski definition) is 4. The summed E-state index contributed by atoms with van der Waals surface area (Å²) in [7, 11) is 0. The number of nitrogens with two attached hydrogens (primary N) is 1. The van der Waals surface area contributed by atoms with Crippen molar-refractivity contribution in [2.24, 2.45) is 17.6 Å². The third-order valence-corrected chi connectivity index (χ3v) is 3.36. The lowest BCUT2D eigenvalue weighted by molar-refractivity contribution is -0.143. The molecule has 1 saturated heterocycles. The molecule has 1 aromatic heterocycles. The molecule has 6 nitrogen and oxygen atoms in total. The third kappa shape index (κ3) is 2.13. The van der Waals surface area contributed by atoms with E-state index in [2.05, 4.69) is 4.98 Å². The van der Waals surface area contributed by atoms with Crippen molar-refractivity contribution in [3.8, 4) is 0 Å². The maximum absolute atomic E-state index is 11.3. The summed E-state index contributed by atoms with van der Waals surface area (Å²) >= 11 is 0. The van der Waals surface area contributed by atoms with Gasteiger partial charge in [-0.2, -0.15) is 0 Å². The van der Waals surface area contributed by atoms with E-state index in [0.29, 0.717) is 24.5 Å². The summed E-state index contributed by atoms with van der Waals surface area (Å²) in [5, 5.41) is 8.91. The molecule has 0 saturated carbocycles. The lowest BCUT2D eigenvalue weighted by Gasteiger charge is -2.42. The molecule has 1 atom stereocenters. The maximum atomic E-state index is 11.3. The standard InChI is InChI=1S/C12H15N3O3/c1-7(12(17)18)8-5-15(6-8)11-9(10(13)16)3-2-4-14-11/h2-4,7-8H,5-6H2,1H3,(H2,13,16)(H,17,18). The fourth-order valence-electron chi connectivity index (χ4n) is 2.04. The molecule has 0 bridgehead atoms. The van der Waals surface area contributed by atoms with Crippen LogP contribution in [0.2, 0.25) is 0 Å². The van der Waals surface area contributed by atoms with Gasteiger partial charge in [0.15, 0.2) is 0 Å². The molecular weight excluding hydrogens is 234 g/mol. The summed E-state index contributed by atoms with van der Waals surface area (Å²) in [6, 6.07) is 3.28. The summed E-state index contributed by atoms with van der Waals surface area (Å²) in [6.07, 6.45) is 1.59. The number of hydrogen-bond donors (Lipinski definition) is 2. The van der Waals surface area contributed by atoms with Gasteiger partial charge in [0.1, 0.15) is 5.82 Å². The number of carbonyl (C=O) groups excluding carboxylic acids is 1. The van der Waals surface area contributed by atoms with Crippen LogP contribution in [-0.2, 0) is 4.79 Å². The highest BCUT2D eigenvalue weighted by molar-refractivity contribution is 5.97. The van der Waals surface area contributed by atoms with Gasteiger partial charge in [-0.1, -0.05) is 6.92 Å². The van der Waals surface area contributed by atoms with Crippen LogP contribution in [0.15, 0.2) is 18.3 Å². The van der Waals surface area contributed by atoms with E-state index in [9.17, 15) is 9.59 Å². The summed E-state index contributed by atoms with van der Waals surface area (Å²) < 4.78 is 0. The van der Waals surface area contributed by atoms with Crippen molar-refractivity contribution in [3.05, 3.63) is 23.9 Å². The molecule has 6 heteroatoms. The normalized spacial score (nSPS) is 17.1. The minimum Gasteiger partial charge on any atom is -0.481 e. The number of carboxylic acid groups (broad SMARTS) is 1. The Hall–Kier alpha value is -2.11. The number of primary amides is 1. The molecule has 1 aromatic rings. The second-order valence-corrected chi connectivity index (χ2v) is 4.53. The van der Waals surface area contributed by atoms with Crippen LogP contribution in [0, 0.1) is 11.8 Å². The van der Waals surface area contributed by atoms with Crippen LogP contribution < -0.4 is 10.6 Å². The lowest BCUT2D eigenvalue weighted by atomic mass is 9.87. The maximum Gasteiger partial charge on any atom is 0.306 e. The van der Waals surface area contributed by atoms with E-state index >= 15 is 0 Å². The van der Waals surface area contributed by atoms with Gasteiger partial charge in [0.25, 0.3) is 5.91 Å². The highest BCUT2D eigenvalue weighted by Gasteiger charge is 2.36. The summed E-state index contributed by atoms with van der Waals surface area (Å²) in [4.78, 5) is 28.1. The van der Waals surface area contributed by atoms with Gasteiger partial charge in [-0.15, -0.1) is 0 Å². The van der Waals surface area contributed by atoms with Crippen LogP contribution in [0.3, 0.4) is 0 Å². The Balaban J connectivity index is 2.09. The monoisotopic (exact) mass is 249 g/mol. The molecular formula is C12H15N3O3. The number of rotatable bonds is 4. The number of carboxylic acids is 1. The number of amides is 1. The number of aliphatic carboxylic acids is 1. The van der Waals surface area contributed by atoms with E-state index in [1.54, 1.807) is 25.3 Å². The number of aromatic nitrogens is 1. The molecule has 2 heterocycles. The minimum atomic E-state index is -0.796. The molecule has 18 heavy (non-hydrogen) atoms. The van der Waals surface area contributed by atoms with Gasteiger partial charge >= 0.3 is 5.97 Å². The lowest BCUT2D eigenvalue weighted by Crippen LogP contribution is -2.52. The number of anilines is 1. The second kappa shape index (κ2) is 4.64. The zero-order valence-corrected chi connectivity index (χ0v) is 10.0. The van der Waals surface area contributed by atoms with Gasteiger partial charge in [-0.25, -0.2) is 4.98 Å². The second-order valence-electron chi connectivity index (χ2n) is 4.53. The topological polar surface area (TPSA) is 96.5 Å². The van der Waals surface area contributed by atoms with Crippen LogP contribution in [0.1, 0.15) is 17.3 Å². The van der Waals surface area contributed by atoms with Crippen LogP contribution in [0.25, 0.3) is 0 Å². The van der Waals surface area contributed by atoms with Crippen LogP contribution in [-0.4, -0.2) is 35.1 Å². The molecule has 96 valence electrons. The van der Waals surface area contributed by atoms with Gasteiger partial charge in [0, 0.05) is 25.2 Å². The van der Waals surface area contributed by atoms with Crippen molar-refractivity contribution in [2.45, 2.75) is 6.92 Å². The first kappa shape index (κ1) is 12.3. The van der Waals surface area contributed by atoms with Gasteiger partial charge in [0.2, 0.25) is 0 Å². The fourth-order valence-corrected chi connectivity index (χ4v) is 2.04. The van der Waals surface area contributed by atoms with Crippen molar-refractivity contribution in [1.82, 2.24) is 4.98 Å². The Bertz CT molecular complexity index is 483. The molecule has 1 amide bonds. The molecule has 0 aromatic carbocycles. The first-order valence-electron chi connectivity index (χ1n) is 5.73. The van der Waals surface area contributed by atoms with E-state index in [0.717, 1.165) is 0 Å². The summed E-state index contributed by atoms with van der Waals surface area (Å²) in [5.74, 6) is -1.07. The Morgan fingerprint density at radius 2 is 2.22 bits per heavy atom. The SMILES string of the molecule is CC(C(=O)O)C1CN(c2ncccc2C(N)=O)C1. The molecule has 0 aliphatic carbocycles. The van der Waals surface area contributed by atoms with Crippen LogP contribution in [0.4, 0.5) is 5.82 Å². The van der Waals surface area contributed by atoms with E-state index in [4.69, 9.17) is 10.8 Å². The Morgan fingerprint density at radius 1 is 1.56 bits per heavy atom. The van der Waals surface area contributed by atoms with E-state index in [1.165, 1.54) is 0 Å². The Morgan fingerprint density at radius 3 is 2.78 bits per heavy atom. The highest BCUT2D eigenvalue weighted by atomic mass is 16.4. The molecule has 0 radical (unpaired) electrons. The van der Waals surface area contributed by atoms with Crippen molar-refractivity contribution in [1.29, 1.82) is 0 Å². The van der Waals surface area contributed by atoms with Gasteiger partial charge < -0.3 is 15.7 Å². The largest absolute Gasteiger partial charge is 0.481 e. The fraction of sp³-hybridized carbons (Fsp3) is 0.417. The number of pyridine rings is 1.